The van der Waals surface area contributed by atoms with Crippen molar-refractivity contribution in [3.05, 3.63) is 42.0 Å². The van der Waals surface area contributed by atoms with E-state index in [2.05, 4.69) is 37.9 Å². The van der Waals surface area contributed by atoms with Crippen LogP contribution in [-0.4, -0.2) is 13.2 Å². The van der Waals surface area contributed by atoms with Gasteiger partial charge < -0.3 is 10.1 Å². The molecule has 1 N–H and O–H groups in total. The predicted molar refractivity (Wildman–Crippen MR) is 78.1 cm³/mol. The summed E-state index contributed by atoms with van der Waals surface area (Å²) in [7, 11) is 0. The highest BCUT2D eigenvalue weighted by molar-refractivity contribution is 5.29. The van der Waals surface area contributed by atoms with Gasteiger partial charge in [0, 0.05) is 6.04 Å². The maximum absolute atomic E-state index is 5.60. The Kier molecular flexibility index (Phi) is 6.51. The molecule has 1 atom stereocenters. The van der Waals surface area contributed by atoms with E-state index >= 15 is 0 Å². The molecule has 1 rings (SSSR count). The summed E-state index contributed by atoms with van der Waals surface area (Å²) in [6.07, 6.45) is 2.27. The van der Waals surface area contributed by atoms with Crippen LogP contribution in [0, 0.1) is 0 Å². The quantitative estimate of drug-likeness (QED) is 0.699. The van der Waals surface area contributed by atoms with Gasteiger partial charge in [-0.25, -0.2) is 0 Å². The van der Waals surface area contributed by atoms with Crippen LogP contribution in [0.2, 0.25) is 0 Å². The van der Waals surface area contributed by atoms with Crippen molar-refractivity contribution in [2.45, 2.75) is 39.7 Å². The zero-order valence-corrected chi connectivity index (χ0v) is 11.8. The topological polar surface area (TPSA) is 21.3 Å². The first-order valence-electron chi connectivity index (χ1n) is 6.77. The van der Waals surface area contributed by atoms with Gasteiger partial charge in [-0.05, 0) is 49.6 Å². The minimum Gasteiger partial charge on any atom is -0.489 e. The fourth-order valence-electron chi connectivity index (χ4n) is 1.82. The third-order valence-corrected chi connectivity index (χ3v) is 2.82. The van der Waals surface area contributed by atoms with Crippen molar-refractivity contribution in [3.8, 4) is 5.75 Å². The SMILES string of the molecule is C=C(C)COc1ccc(C(CC)NCCC)cc1. The molecule has 0 bridgehead atoms. The summed E-state index contributed by atoms with van der Waals surface area (Å²) in [6.45, 7) is 11.8. The van der Waals surface area contributed by atoms with Crippen LogP contribution in [-0.2, 0) is 0 Å². The normalized spacial score (nSPS) is 12.2. The van der Waals surface area contributed by atoms with Crippen LogP contribution in [0.15, 0.2) is 36.4 Å². The van der Waals surface area contributed by atoms with E-state index in [4.69, 9.17) is 4.74 Å². The highest BCUT2D eigenvalue weighted by Crippen LogP contribution is 2.20. The average Bonchev–Trinajstić information content (AvgIpc) is 2.38. The van der Waals surface area contributed by atoms with Crippen LogP contribution in [0.5, 0.6) is 5.75 Å². The number of hydrogen-bond acceptors (Lipinski definition) is 2. The second kappa shape index (κ2) is 7.93. The van der Waals surface area contributed by atoms with Gasteiger partial charge in [0.05, 0.1) is 0 Å². The standard InChI is InChI=1S/C16H25NO/c1-5-11-17-16(6-2)14-7-9-15(10-8-14)18-12-13(3)4/h7-10,16-17H,3,5-6,11-12H2,1-2,4H3. The first-order chi connectivity index (χ1) is 8.67. The van der Waals surface area contributed by atoms with Crippen molar-refractivity contribution in [1.29, 1.82) is 0 Å². The van der Waals surface area contributed by atoms with E-state index in [1.807, 2.05) is 19.1 Å². The van der Waals surface area contributed by atoms with E-state index < -0.39 is 0 Å². The molecule has 0 aliphatic rings. The van der Waals surface area contributed by atoms with Gasteiger partial charge in [0.2, 0.25) is 0 Å². The fourth-order valence-corrected chi connectivity index (χ4v) is 1.82. The second-order valence-corrected chi connectivity index (χ2v) is 4.73. The van der Waals surface area contributed by atoms with E-state index in [0.29, 0.717) is 12.6 Å². The number of rotatable bonds is 8. The molecule has 2 nitrogen and oxygen atoms in total. The van der Waals surface area contributed by atoms with Gasteiger partial charge in [0.15, 0.2) is 0 Å². The largest absolute Gasteiger partial charge is 0.489 e. The van der Waals surface area contributed by atoms with E-state index in [1.165, 1.54) is 5.56 Å². The summed E-state index contributed by atoms with van der Waals surface area (Å²) < 4.78 is 5.60. The van der Waals surface area contributed by atoms with Crippen LogP contribution in [0.3, 0.4) is 0 Å². The molecule has 18 heavy (non-hydrogen) atoms. The van der Waals surface area contributed by atoms with Gasteiger partial charge in [-0.3, -0.25) is 0 Å². The molecule has 1 aromatic rings. The Hall–Kier alpha value is -1.28. The lowest BCUT2D eigenvalue weighted by molar-refractivity contribution is 0.352. The van der Waals surface area contributed by atoms with Crippen molar-refractivity contribution in [1.82, 2.24) is 5.32 Å². The second-order valence-electron chi connectivity index (χ2n) is 4.73. The molecule has 0 fully saturated rings. The van der Waals surface area contributed by atoms with Gasteiger partial charge in [-0.1, -0.05) is 32.6 Å². The summed E-state index contributed by atoms with van der Waals surface area (Å²) in [5.74, 6) is 0.909. The number of nitrogens with one attached hydrogen (secondary N) is 1. The van der Waals surface area contributed by atoms with Crippen molar-refractivity contribution >= 4 is 0 Å². The summed E-state index contributed by atoms with van der Waals surface area (Å²) in [5.41, 5.74) is 2.36. The van der Waals surface area contributed by atoms with E-state index in [-0.39, 0.29) is 0 Å². The fraction of sp³-hybridized carbons (Fsp3) is 0.500. The van der Waals surface area contributed by atoms with E-state index in [1.54, 1.807) is 0 Å². The monoisotopic (exact) mass is 247 g/mol. The molecule has 2 heteroatoms. The molecule has 1 aromatic carbocycles. The maximum Gasteiger partial charge on any atom is 0.119 e. The minimum atomic E-state index is 0.445. The number of benzene rings is 1. The molecular formula is C16H25NO. The lowest BCUT2D eigenvalue weighted by Crippen LogP contribution is -2.21. The third-order valence-electron chi connectivity index (χ3n) is 2.82. The summed E-state index contributed by atoms with van der Waals surface area (Å²) in [4.78, 5) is 0. The zero-order chi connectivity index (χ0) is 13.4. The highest BCUT2D eigenvalue weighted by Gasteiger charge is 2.07. The molecule has 0 aromatic heterocycles. The first kappa shape index (κ1) is 14.8. The smallest absolute Gasteiger partial charge is 0.119 e. The van der Waals surface area contributed by atoms with Crippen LogP contribution in [0.25, 0.3) is 0 Å². The predicted octanol–water partition coefficient (Wildman–Crippen LogP) is 4.09. The van der Waals surface area contributed by atoms with Gasteiger partial charge in [-0.15, -0.1) is 0 Å². The minimum absolute atomic E-state index is 0.445. The molecular weight excluding hydrogens is 222 g/mol. The van der Waals surface area contributed by atoms with Crippen molar-refractivity contribution in [2.75, 3.05) is 13.2 Å². The summed E-state index contributed by atoms with van der Waals surface area (Å²) >= 11 is 0. The molecule has 0 radical (unpaired) electrons. The average molecular weight is 247 g/mol. The van der Waals surface area contributed by atoms with Crippen molar-refractivity contribution in [2.24, 2.45) is 0 Å². The Morgan fingerprint density at radius 2 is 1.94 bits per heavy atom. The highest BCUT2D eigenvalue weighted by atomic mass is 16.5. The van der Waals surface area contributed by atoms with E-state index in [0.717, 1.165) is 30.7 Å². The Morgan fingerprint density at radius 3 is 2.44 bits per heavy atom. The Morgan fingerprint density at radius 1 is 1.28 bits per heavy atom. The zero-order valence-electron chi connectivity index (χ0n) is 11.8. The van der Waals surface area contributed by atoms with Crippen molar-refractivity contribution in [3.63, 3.8) is 0 Å². The summed E-state index contributed by atoms with van der Waals surface area (Å²) in [6, 6.07) is 8.80. The van der Waals surface area contributed by atoms with Crippen LogP contribution < -0.4 is 10.1 Å². The first-order valence-corrected chi connectivity index (χ1v) is 6.77. The lowest BCUT2D eigenvalue weighted by atomic mass is 10.0. The van der Waals surface area contributed by atoms with Gasteiger partial charge in [0.25, 0.3) is 0 Å². The Labute approximate surface area is 111 Å². The van der Waals surface area contributed by atoms with Crippen LogP contribution in [0.1, 0.15) is 45.2 Å². The number of hydrogen-bond donors (Lipinski definition) is 1. The molecule has 0 saturated heterocycles. The maximum atomic E-state index is 5.60. The lowest BCUT2D eigenvalue weighted by Gasteiger charge is -2.17. The Bertz CT molecular complexity index is 356. The van der Waals surface area contributed by atoms with Gasteiger partial charge in [-0.2, -0.15) is 0 Å². The molecule has 1 unspecified atom stereocenters. The molecule has 100 valence electrons. The van der Waals surface area contributed by atoms with Crippen molar-refractivity contribution < 1.29 is 4.74 Å². The van der Waals surface area contributed by atoms with Crippen LogP contribution >= 0.6 is 0 Å². The molecule has 0 saturated carbocycles. The molecule has 0 aliphatic heterocycles. The molecule has 0 amide bonds. The van der Waals surface area contributed by atoms with Gasteiger partial charge in [0.1, 0.15) is 12.4 Å². The summed E-state index contributed by atoms with van der Waals surface area (Å²) in [5, 5.41) is 3.55. The van der Waals surface area contributed by atoms with Crippen LogP contribution in [0.4, 0.5) is 0 Å². The molecule has 0 heterocycles. The van der Waals surface area contributed by atoms with Gasteiger partial charge >= 0.3 is 0 Å². The molecule has 0 aliphatic carbocycles. The Balaban J connectivity index is 2.59. The molecule has 0 spiro atoms. The third kappa shape index (κ3) is 4.92. The van der Waals surface area contributed by atoms with E-state index in [9.17, 15) is 0 Å². The number of ether oxygens (including phenoxy) is 1.